The number of nitriles is 1. The third-order valence-electron chi connectivity index (χ3n) is 4.35. The zero-order valence-corrected chi connectivity index (χ0v) is 13.7. The molecule has 4 heteroatoms. The number of anilines is 1. The zero-order chi connectivity index (χ0) is 16.4. The second-order valence-corrected chi connectivity index (χ2v) is 6.18. The maximum atomic E-state index is 12.8. The predicted octanol–water partition coefficient (Wildman–Crippen LogP) is 4.56. The van der Waals surface area contributed by atoms with Crippen molar-refractivity contribution in [2.45, 2.75) is 25.2 Å². The Morgan fingerprint density at radius 3 is 2.39 bits per heavy atom. The Hall–Kier alpha value is -2.31. The van der Waals surface area contributed by atoms with Gasteiger partial charge in [-0.15, -0.1) is 0 Å². The van der Waals surface area contributed by atoms with Gasteiger partial charge in [0.1, 0.15) is 0 Å². The summed E-state index contributed by atoms with van der Waals surface area (Å²) in [6.45, 7) is 2.46. The molecular weight excluding hydrogens is 308 g/mol. The fraction of sp³-hybridized carbons (Fsp3) is 0.263. The number of rotatable bonds is 4. The molecule has 23 heavy (non-hydrogen) atoms. The number of para-hydroxylation sites is 1. The van der Waals surface area contributed by atoms with Crippen molar-refractivity contribution in [3.63, 3.8) is 0 Å². The van der Waals surface area contributed by atoms with Crippen LogP contribution < -0.4 is 4.90 Å². The molecule has 1 amide bonds. The quantitative estimate of drug-likeness (QED) is 0.827. The van der Waals surface area contributed by atoms with E-state index in [4.69, 9.17) is 11.6 Å². The number of hydrogen-bond acceptors (Lipinski definition) is 2. The van der Waals surface area contributed by atoms with Crippen molar-refractivity contribution in [3.05, 3.63) is 64.7 Å². The predicted molar refractivity (Wildman–Crippen MR) is 91.8 cm³/mol. The van der Waals surface area contributed by atoms with Gasteiger partial charge in [0.2, 0.25) is 0 Å². The first kappa shape index (κ1) is 15.6. The van der Waals surface area contributed by atoms with Crippen LogP contribution in [-0.2, 0) is 5.41 Å². The third-order valence-corrected chi connectivity index (χ3v) is 4.67. The van der Waals surface area contributed by atoms with Crippen molar-refractivity contribution >= 4 is 23.2 Å². The van der Waals surface area contributed by atoms with Crippen molar-refractivity contribution < 1.29 is 4.79 Å². The molecule has 2 aromatic carbocycles. The number of hydrogen-bond donors (Lipinski definition) is 0. The molecule has 1 aliphatic rings. The molecule has 1 saturated carbocycles. The summed E-state index contributed by atoms with van der Waals surface area (Å²) in [5.74, 6) is -0.0889. The number of nitrogens with zero attached hydrogens (tertiary/aromatic N) is 2. The molecule has 1 fully saturated rings. The van der Waals surface area contributed by atoms with Crippen LogP contribution in [-0.4, -0.2) is 12.5 Å². The van der Waals surface area contributed by atoms with E-state index >= 15 is 0 Å². The van der Waals surface area contributed by atoms with E-state index in [0.29, 0.717) is 22.8 Å². The molecule has 3 nitrogen and oxygen atoms in total. The van der Waals surface area contributed by atoms with E-state index in [9.17, 15) is 10.1 Å². The van der Waals surface area contributed by atoms with Gasteiger partial charge >= 0.3 is 0 Å². The lowest BCUT2D eigenvalue weighted by Crippen LogP contribution is -2.30. The van der Waals surface area contributed by atoms with Crippen molar-refractivity contribution in [2.75, 3.05) is 11.4 Å². The largest absolute Gasteiger partial charge is 0.307 e. The number of halogens is 1. The molecule has 3 rings (SSSR count). The highest BCUT2D eigenvalue weighted by atomic mass is 35.5. The summed E-state index contributed by atoms with van der Waals surface area (Å²) in [4.78, 5) is 14.4. The van der Waals surface area contributed by atoms with Gasteiger partial charge < -0.3 is 4.90 Å². The maximum Gasteiger partial charge on any atom is 0.258 e. The van der Waals surface area contributed by atoms with Crippen molar-refractivity contribution in [1.82, 2.24) is 0 Å². The third kappa shape index (κ3) is 2.83. The van der Waals surface area contributed by atoms with Crippen LogP contribution in [0.25, 0.3) is 0 Å². The van der Waals surface area contributed by atoms with Gasteiger partial charge in [0.05, 0.1) is 22.2 Å². The Kier molecular flexibility index (Phi) is 4.11. The summed E-state index contributed by atoms with van der Waals surface area (Å²) in [6, 6.07) is 17.1. The van der Waals surface area contributed by atoms with Crippen LogP contribution in [0.3, 0.4) is 0 Å². The minimum atomic E-state index is -0.325. The van der Waals surface area contributed by atoms with Crippen LogP contribution in [0.4, 0.5) is 5.69 Å². The molecule has 0 spiro atoms. The Balaban J connectivity index is 1.87. The fourth-order valence-corrected chi connectivity index (χ4v) is 3.01. The molecule has 0 aliphatic heterocycles. The van der Waals surface area contributed by atoms with E-state index in [-0.39, 0.29) is 11.3 Å². The molecule has 0 atom stereocenters. The Morgan fingerprint density at radius 1 is 1.22 bits per heavy atom. The van der Waals surface area contributed by atoms with Crippen molar-refractivity contribution in [1.29, 1.82) is 5.26 Å². The smallest absolute Gasteiger partial charge is 0.258 e. The Bertz CT molecular complexity index is 773. The first-order valence-electron chi connectivity index (χ1n) is 7.69. The summed E-state index contributed by atoms with van der Waals surface area (Å²) in [6.07, 6.45) is 1.80. The number of benzene rings is 2. The summed E-state index contributed by atoms with van der Waals surface area (Å²) in [5, 5.41) is 9.81. The van der Waals surface area contributed by atoms with E-state index in [2.05, 4.69) is 6.07 Å². The SMILES string of the molecule is CCN(C(=O)c1ccc(C2(C#N)CC2)cc1)c1ccccc1Cl. The summed E-state index contributed by atoms with van der Waals surface area (Å²) in [5.41, 5.74) is 1.98. The van der Waals surface area contributed by atoms with Crippen molar-refractivity contribution in [3.8, 4) is 6.07 Å². The lowest BCUT2D eigenvalue weighted by atomic mass is 9.96. The lowest BCUT2D eigenvalue weighted by Gasteiger charge is -2.22. The second kappa shape index (κ2) is 6.06. The molecule has 1 aliphatic carbocycles. The van der Waals surface area contributed by atoms with Gasteiger partial charge in [0.15, 0.2) is 0 Å². The van der Waals surface area contributed by atoms with Crippen molar-refractivity contribution in [2.24, 2.45) is 0 Å². The van der Waals surface area contributed by atoms with E-state index in [1.54, 1.807) is 23.1 Å². The first-order chi connectivity index (χ1) is 11.1. The van der Waals surface area contributed by atoms with E-state index in [1.807, 2.05) is 37.3 Å². The van der Waals surface area contributed by atoms with Crippen LogP contribution in [0, 0.1) is 11.3 Å². The molecular formula is C19H17ClN2O. The highest BCUT2D eigenvalue weighted by Crippen LogP contribution is 2.47. The van der Waals surface area contributed by atoms with Gasteiger partial charge in [0, 0.05) is 12.1 Å². The van der Waals surface area contributed by atoms with Crippen LogP contribution in [0.1, 0.15) is 35.7 Å². The van der Waals surface area contributed by atoms with Gasteiger partial charge in [-0.05, 0) is 49.6 Å². The molecule has 116 valence electrons. The van der Waals surface area contributed by atoms with Crippen LogP contribution >= 0.6 is 11.6 Å². The number of carbonyl (C=O) groups is 1. The summed E-state index contributed by atoms with van der Waals surface area (Å²) in [7, 11) is 0. The minimum Gasteiger partial charge on any atom is -0.307 e. The summed E-state index contributed by atoms with van der Waals surface area (Å²) >= 11 is 6.21. The van der Waals surface area contributed by atoms with Gasteiger partial charge in [-0.2, -0.15) is 5.26 Å². The lowest BCUT2D eigenvalue weighted by molar-refractivity contribution is 0.0988. The molecule has 2 aromatic rings. The summed E-state index contributed by atoms with van der Waals surface area (Å²) < 4.78 is 0. The minimum absolute atomic E-state index is 0.0889. The molecule has 0 unspecified atom stereocenters. The zero-order valence-electron chi connectivity index (χ0n) is 12.9. The average Bonchev–Trinajstić information content (AvgIpc) is 3.38. The Morgan fingerprint density at radius 2 is 1.87 bits per heavy atom. The van der Waals surface area contributed by atoms with E-state index in [0.717, 1.165) is 18.4 Å². The number of carbonyl (C=O) groups excluding carboxylic acids is 1. The topological polar surface area (TPSA) is 44.1 Å². The maximum absolute atomic E-state index is 12.8. The molecule has 0 radical (unpaired) electrons. The molecule has 0 N–H and O–H groups in total. The molecule has 0 aromatic heterocycles. The highest BCUT2D eigenvalue weighted by Gasteiger charge is 2.44. The second-order valence-electron chi connectivity index (χ2n) is 5.77. The number of amides is 1. The van der Waals surface area contributed by atoms with Crippen LogP contribution in [0.15, 0.2) is 48.5 Å². The van der Waals surface area contributed by atoms with E-state index in [1.165, 1.54) is 0 Å². The fourth-order valence-electron chi connectivity index (χ4n) is 2.77. The standard InChI is InChI=1S/C19H17ClN2O/c1-2-22(17-6-4-3-5-16(17)20)18(23)14-7-9-15(10-8-14)19(13-21)11-12-19/h3-10H,2,11-12H2,1H3. The molecule has 0 bridgehead atoms. The first-order valence-corrected chi connectivity index (χ1v) is 8.07. The monoisotopic (exact) mass is 324 g/mol. The van der Waals surface area contributed by atoms with Gasteiger partial charge in [-0.3, -0.25) is 4.79 Å². The average molecular weight is 325 g/mol. The molecule has 0 heterocycles. The van der Waals surface area contributed by atoms with Gasteiger partial charge in [-0.25, -0.2) is 0 Å². The van der Waals surface area contributed by atoms with Crippen LogP contribution in [0.5, 0.6) is 0 Å². The van der Waals surface area contributed by atoms with Gasteiger partial charge in [-0.1, -0.05) is 35.9 Å². The normalized spacial score (nSPS) is 14.8. The highest BCUT2D eigenvalue weighted by molar-refractivity contribution is 6.34. The molecule has 0 saturated heterocycles. The van der Waals surface area contributed by atoms with E-state index < -0.39 is 0 Å². The van der Waals surface area contributed by atoms with Gasteiger partial charge in [0.25, 0.3) is 5.91 Å². The van der Waals surface area contributed by atoms with Crippen LogP contribution in [0.2, 0.25) is 5.02 Å². The Labute approximate surface area is 141 Å².